The van der Waals surface area contributed by atoms with Crippen molar-refractivity contribution in [2.75, 3.05) is 0 Å². The second-order valence-corrected chi connectivity index (χ2v) is 25.4. The molecule has 0 atom stereocenters. The minimum atomic E-state index is -2.03. The number of aryl methyl sites for hydroxylation is 1. The zero-order valence-electron chi connectivity index (χ0n) is 32.8. The van der Waals surface area contributed by atoms with Gasteiger partial charge in [-0.15, -0.1) is 18.2 Å². The molecule has 1 radical (unpaired) electrons. The van der Waals surface area contributed by atoms with E-state index in [-0.39, 0.29) is 20.1 Å². The Hall–Kier alpha value is -5.14. The number of furan rings is 1. The van der Waals surface area contributed by atoms with E-state index < -0.39 is 19.2 Å². The maximum absolute atomic E-state index is 8.44. The standard InChI is InChI=1S/C31H20N3O.C17H22GeN.Ir/c1-20-14-19-25-24-10-7-11-26(29(24)35-31(25)32-20)30-33-27-12-5-6-13-28(27)34(30)23-17-15-22(16-18-23)21-8-3-2-4-9-21;1-13(2)15-11-17(14-9-7-6-8-10-14)19-12-16(15)18(3,4)5;/h2-10,12-19H,1H3;6-9,11-13H,1-5H3;/q2*-1;/i;13D;. The first-order chi connectivity index (χ1) is 26.5. The number of rotatable bonds is 6. The van der Waals surface area contributed by atoms with Gasteiger partial charge in [0, 0.05) is 36.9 Å². The van der Waals surface area contributed by atoms with Crippen LogP contribution in [0.25, 0.3) is 72.6 Å². The summed E-state index contributed by atoms with van der Waals surface area (Å²) in [5.41, 5.74) is 11.5. The van der Waals surface area contributed by atoms with E-state index in [1.807, 2.05) is 93.7 Å². The number of benzene rings is 5. The van der Waals surface area contributed by atoms with Crippen LogP contribution in [-0.4, -0.2) is 32.8 Å². The number of aromatic nitrogens is 4. The zero-order valence-corrected chi connectivity index (χ0v) is 36.3. The van der Waals surface area contributed by atoms with Crippen molar-refractivity contribution in [1.29, 1.82) is 0 Å². The molecular formula is C48H42GeIrN4O-2. The van der Waals surface area contributed by atoms with Gasteiger partial charge in [0.05, 0.1) is 22.4 Å². The summed E-state index contributed by atoms with van der Waals surface area (Å²) < 4.78 is 18.2. The number of hydrogen-bond acceptors (Lipinski definition) is 4. The molecule has 0 N–H and O–H groups in total. The molecule has 0 unspecified atom stereocenters. The Kier molecular flexibility index (Phi) is 10.7. The first-order valence-corrected chi connectivity index (χ1v) is 25.6. The van der Waals surface area contributed by atoms with E-state index in [0.29, 0.717) is 5.71 Å². The summed E-state index contributed by atoms with van der Waals surface area (Å²) in [6.07, 6.45) is 2.00. The fraction of sp³-hybridized carbons (Fsp3) is 0.146. The normalized spacial score (nSPS) is 11.9. The third-order valence-electron chi connectivity index (χ3n) is 9.69. The zero-order chi connectivity index (χ0) is 38.3. The van der Waals surface area contributed by atoms with E-state index in [1.165, 1.54) is 15.5 Å². The molecule has 0 spiro atoms. The van der Waals surface area contributed by atoms with E-state index in [1.54, 1.807) is 0 Å². The van der Waals surface area contributed by atoms with Crippen molar-refractivity contribution in [2.45, 2.75) is 43.9 Å². The summed E-state index contributed by atoms with van der Waals surface area (Å²) in [7, 11) is 0. The molecule has 0 aliphatic rings. The first-order valence-electron chi connectivity index (χ1n) is 18.8. The number of pyridine rings is 2. The van der Waals surface area contributed by atoms with Crippen LogP contribution in [0.5, 0.6) is 0 Å². The molecule has 0 aliphatic heterocycles. The Morgan fingerprint density at radius 2 is 1.47 bits per heavy atom. The monoisotopic (exact) mass is 958 g/mol. The van der Waals surface area contributed by atoms with Gasteiger partial charge >= 0.3 is 120 Å². The van der Waals surface area contributed by atoms with Gasteiger partial charge in [-0.05, 0) is 54.4 Å². The van der Waals surface area contributed by atoms with Crippen LogP contribution in [0, 0.1) is 19.1 Å². The van der Waals surface area contributed by atoms with Gasteiger partial charge in [0.1, 0.15) is 0 Å². The average molecular weight is 957 g/mol. The molecule has 0 aliphatic carbocycles. The maximum atomic E-state index is 8.44. The predicted octanol–water partition coefficient (Wildman–Crippen LogP) is 12.0. The van der Waals surface area contributed by atoms with Crippen LogP contribution in [0.2, 0.25) is 17.3 Å². The van der Waals surface area contributed by atoms with Crippen molar-refractivity contribution in [3.63, 3.8) is 0 Å². The van der Waals surface area contributed by atoms with E-state index in [0.717, 1.165) is 67.0 Å². The van der Waals surface area contributed by atoms with Gasteiger partial charge in [-0.1, -0.05) is 65.5 Å². The Morgan fingerprint density at radius 1 is 0.745 bits per heavy atom. The second kappa shape index (κ2) is 15.9. The van der Waals surface area contributed by atoms with Crippen molar-refractivity contribution >= 4 is 50.8 Å². The third-order valence-corrected chi connectivity index (χ3v) is 13.9. The minimum absolute atomic E-state index is 0. The van der Waals surface area contributed by atoms with Gasteiger partial charge < -0.3 is 8.98 Å². The van der Waals surface area contributed by atoms with Crippen molar-refractivity contribution in [3.8, 4) is 39.5 Å². The first kappa shape index (κ1) is 36.8. The van der Waals surface area contributed by atoms with E-state index in [9.17, 15) is 0 Å². The van der Waals surface area contributed by atoms with Crippen LogP contribution in [0.4, 0.5) is 0 Å². The van der Waals surface area contributed by atoms with Gasteiger partial charge in [0.2, 0.25) is 5.71 Å². The summed E-state index contributed by atoms with van der Waals surface area (Å²) >= 11 is -2.03. The van der Waals surface area contributed by atoms with Gasteiger partial charge in [0.25, 0.3) is 0 Å². The predicted molar refractivity (Wildman–Crippen MR) is 226 cm³/mol. The minimum Gasteiger partial charge on any atom is 0 e. The van der Waals surface area contributed by atoms with E-state index >= 15 is 0 Å². The largest absolute Gasteiger partial charge is 0 e. The average Bonchev–Trinajstić information content (AvgIpc) is 3.76. The van der Waals surface area contributed by atoms with Crippen molar-refractivity contribution in [3.05, 3.63) is 163 Å². The summed E-state index contributed by atoms with van der Waals surface area (Å²) in [5.74, 6) is 7.24. The molecule has 0 fully saturated rings. The van der Waals surface area contributed by atoms with Gasteiger partial charge in [-0.25, -0.2) is 4.98 Å². The van der Waals surface area contributed by atoms with Crippen molar-refractivity contribution in [2.24, 2.45) is 0 Å². The van der Waals surface area contributed by atoms with E-state index in [2.05, 4.69) is 111 Å². The van der Waals surface area contributed by atoms with Crippen LogP contribution >= 0.6 is 0 Å². The quantitative estimate of drug-likeness (QED) is 0.123. The molecule has 5 aromatic carbocycles. The number of imidazole rings is 1. The summed E-state index contributed by atoms with van der Waals surface area (Å²) in [6, 6.07) is 51.8. The van der Waals surface area contributed by atoms with Gasteiger partial charge in [0.15, 0.2) is 0 Å². The number of para-hydroxylation sites is 2. The Bertz CT molecular complexity index is 2780. The van der Waals surface area contributed by atoms with Crippen molar-refractivity contribution in [1.82, 2.24) is 19.5 Å². The Balaban J connectivity index is 0.000000197. The van der Waals surface area contributed by atoms with Gasteiger partial charge in [-0.3, -0.25) is 4.98 Å². The molecule has 4 aromatic heterocycles. The van der Waals surface area contributed by atoms with Crippen LogP contribution in [0.3, 0.4) is 0 Å². The van der Waals surface area contributed by atoms with Crippen LogP contribution in [0.15, 0.2) is 144 Å². The molecule has 275 valence electrons. The van der Waals surface area contributed by atoms with Crippen LogP contribution in [-0.2, 0) is 20.1 Å². The molecule has 9 rings (SSSR count). The SMILES string of the molecule is Cc1ccc2c(n1)oc1c(-c3nc4ccccc4n3-c3ccc(-c4ccccc4)cc3)[c-]ccc12.[2H]C(C)(C)c1cc(-c2[c-]cccc2)nc[c]1[Ge]([CH3])([CH3])[CH3].[Ir]. The Labute approximate surface area is 340 Å². The van der Waals surface area contributed by atoms with Crippen molar-refractivity contribution < 1.29 is 25.9 Å². The van der Waals surface area contributed by atoms with Crippen LogP contribution < -0.4 is 4.40 Å². The fourth-order valence-corrected chi connectivity index (χ4v) is 10.3. The summed E-state index contributed by atoms with van der Waals surface area (Å²) in [5, 5.41) is 2.01. The molecule has 9 aromatic rings. The smallest absolute Gasteiger partial charge is 0 e. The maximum Gasteiger partial charge on any atom is 0 e. The number of fused-ring (bicyclic) bond motifs is 4. The second-order valence-electron chi connectivity index (χ2n) is 14.8. The molecule has 0 saturated carbocycles. The molecular weight excluding hydrogens is 913 g/mol. The number of nitrogens with zero attached hydrogens (tertiary/aromatic N) is 4. The molecule has 5 nitrogen and oxygen atoms in total. The third kappa shape index (κ3) is 7.72. The topological polar surface area (TPSA) is 56.7 Å². The summed E-state index contributed by atoms with van der Waals surface area (Å²) in [4.78, 5) is 14.3. The molecule has 7 heteroatoms. The molecule has 0 amide bonds. The molecule has 0 bridgehead atoms. The summed E-state index contributed by atoms with van der Waals surface area (Å²) in [6.45, 7) is 5.88. The molecule has 4 heterocycles. The van der Waals surface area contributed by atoms with E-state index in [4.69, 9.17) is 10.8 Å². The fourth-order valence-electron chi connectivity index (χ4n) is 6.94. The number of hydrogen-bond donors (Lipinski definition) is 0. The van der Waals surface area contributed by atoms with Crippen LogP contribution in [0.1, 0.15) is 32.4 Å². The Morgan fingerprint density at radius 3 is 2.20 bits per heavy atom. The van der Waals surface area contributed by atoms with Gasteiger partial charge in [-0.2, -0.15) is 0 Å². The molecule has 0 saturated heterocycles. The molecule has 55 heavy (non-hydrogen) atoms.